The van der Waals surface area contributed by atoms with E-state index in [1.807, 2.05) is 34.6 Å². The van der Waals surface area contributed by atoms with E-state index >= 15 is 0 Å². The molecule has 0 saturated heterocycles. The first-order valence-corrected chi connectivity index (χ1v) is 36.7. The Bertz CT molecular complexity index is 2660. The predicted molar refractivity (Wildman–Crippen MR) is 332 cm³/mol. The van der Waals surface area contributed by atoms with Gasteiger partial charge in [0.2, 0.25) is 0 Å². The number of ether oxygens (including phenoxy) is 10. The quantitative estimate of drug-likeness (QED) is 0.0102. The molecule has 0 atom stereocenters. The van der Waals surface area contributed by atoms with Crippen molar-refractivity contribution < 1.29 is 152 Å². The van der Waals surface area contributed by atoms with Crippen LogP contribution in [0.3, 0.4) is 0 Å². The van der Waals surface area contributed by atoms with E-state index in [1.54, 1.807) is 73.3 Å². The Kier molecular flexibility index (Phi) is 46.6. The third kappa shape index (κ3) is 64.5. The van der Waals surface area contributed by atoms with E-state index < -0.39 is 39.5 Å². The maximum atomic E-state index is 11.6. The molecular formula is C60H76Cl2F12N4O14P2Ru2. The Morgan fingerprint density at radius 2 is 0.500 bits per heavy atom. The van der Waals surface area contributed by atoms with Gasteiger partial charge in [-0.3, -0.25) is 19.9 Å². The van der Waals surface area contributed by atoms with E-state index in [0.717, 1.165) is 0 Å². The summed E-state index contributed by atoms with van der Waals surface area (Å²) in [4.78, 5) is 62.0. The fourth-order valence-electron chi connectivity index (χ4n) is 6.03. The second-order valence-electron chi connectivity index (χ2n) is 19.2. The summed E-state index contributed by atoms with van der Waals surface area (Å²) < 4.78 is 171. The molecule has 0 N–H and O–H groups in total. The van der Waals surface area contributed by atoms with Gasteiger partial charge in [0.05, 0.1) is 102 Å². The number of benzene rings is 2. The minimum atomic E-state index is -10.7. The predicted octanol–water partition coefficient (Wildman–Crippen LogP) is 17.5. The van der Waals surface area contributed by atoms with Gasteiger partial charge < -0.3 is 47.4 Å². The summed E-state index contributed by atoms with van der Waals surface area (Å²) in [7, 11) is -12.2. The van der Waals surface area contributed by atoms with Gasteiger partial charge in [0.15, 0.2) is 0 Å². The van der Waals surface area contributed by atoms with Gasteiger partial charge in [0.1, 0.15) is 26.4 Å². The van der Waals surface area contributed by atoms with Crippen LogP contribution in [0.15, 0.2) is 147 Å². The first-order valence-electron chi connectivity index (χ1n) is 28.1. The number of carbonyl (C=O) groups is 4. The van der Waals surface area contributed by atoms with Gasteiger partial charge in [-0.15, -0.1) is 0 Å². The van der Waals surface area contributed by atoms with Crippen molar-refractivity contribution in [3.63, 3.8) is 0 Å². The number of hydrogen-bond acceptors (Lipinski definition) is 18. The van der Waals surface area contributed by atoms with Crippen molar-refractivity contribution in [3.05, 3.63) is 191 Å². The van der Waals surface area contributed by atoms with Crippen LogP contribution in [0, 0.1) is 13.8 Å². The Morgan fingerprint density at radius 3 is 0.646 bits per heavy atom. The summed E-state index contributed by atoms with van der Waals surface area (Å²) in [5.74, 6) is -0.411. The molecule has 6 aromatic rings. The van der Waals surface area contributed by atoms with Crippen molar-refractivity contribution in [3.8, 4) is 0 Å². The molecule has 36 heteroatoms. The monoisotopic (exact) mass is 1640 g/mol. The topological polar surface area (TPSA) is 212 Å². The molecule has 2 aromatic carbocycles. The molecule has 544 valence electrons. The SMILES string of the molecule is Cc1ccc(C(C)C)cc1.Cc1ccc(C(C)C)cc1.F[P-](F)(F)(F)(F)F.F[P-](F)(F)(F)(F)F.O=C(OCCOCCOCCOCCOC(=O)c1cccnc1)c1cccnc1.O=C(OCCOCCOCCOCCOC(=O)c1cccnc1)c1cccnc1.[Cl][Ru+].[Cl][Ru+]. The van der Waals surface area contributed by atoms with Crippen LogP contribution in [0.2, 0.25) is 0 Å². The minimum absolute atomic E-state index is 0.161. The van der Waals surface area contributed by atoms with Crippen LogP contribution in [-0.4, -0.2) is 150 Å². The number of pyridine rings is 4. The Hall–Kier alpha value is -5.47. The van der Waals surface area contributed by atoms with Gasteiger partial charge in [-0.25, -0.2) is 19.2 Å². The molecule has 0 fully saturated rings. The third-order valence-corrected chi connectivity index (χ3v) is 10.4. The van der Waals surface area contributed by atoms with Crippen molar-refractivity contribution in [2.24, 2.45) is 0 Å². The van der Waals surface area contributed by atoms with Crippen LogP contribution in [0.5, 0.6) is 0 Å². The van der Waals surface area contributed by atoms with Gasteiger partial charge in [-0.1, -0.05) is 87.4 Å². The fraction of sp³-hybridized carbons (Fsp3) is 0.400. The summed E-state index contributed by atoms with van der Waals surface area (Å²) in [6, 6.07) is 30.6. The molecule has 0 aliphatic rings. The molecule has 0 aliphatic heterocycles. The number of esters is 4. The first kappa shape index (κ1) is 92.6. The zero-order valence-corrected chi connectivity index (χ0v) is 59.5. The van der Waals surface area contributed by atoms with Gasteiger partial charge in [-0.2, -0.15) is 0 Å². The molecule has 0 amide bonds. The normalized spacial score (nSPS) is 12.0. The molecule has 4 heterocycles. The summed E-state index contributed by atoms with van der Waals surface area (Å²) in [5, 5.41) is 0. The van der Waals surface area contributed by atoms with Crippen molar-refractivity contribution in [1.82, 2.24) is 19.9 Å². The number of nitrogens with zero attached hydrogens (tertiary/aromatic N) is 4. The first-order chi connectivity index (χ1) is 44.8. The van der Waals surface area contributed by atoms with E-state index in [4.69, 9.17) is 47.4 Å². The number of rotatable bonds is 30. The summed E-state index contributed by atoms with van der Waals surface area (Å²) >= 11 is 3.64. The van der Waals surface area contributed by atoms with Crippen LogP contribution in [0.25, 0.3) is 0 Å². The molecule has 0 unspecified atom stereocenters. The van der Waals surface area contributed by atoms with Crippen LogP contribution >= 0.6 is 35.0 Å². The average molecular weight is 1640 g/mol. The van der Waals surface area contributed by atoms with Crippen LogP contribution < -0.4 is 0 Å². The summed E-state index contributed by atoms with van der Waals surface area (Å²) in [6.07, 6.45) is 12.1. The molecule has 0 radical (unpaired) electrons. The Balaban J connectivity index is 0. The number of carbonyl (C=O) groups excluding carboxylic acids is 4. The Labute approximate surface area is 577 Å². The fourth-order valence-corrected chi connectivity index (χ4v) is 6.03. The maximum absolute atomic E-state index is 11.6. The van der Waals surface area contributed by atoms with Gasteiger partial charge in [0, 0.05) is 49.6 Å². The second kappa shape index (κ2) is 48.3. The van der Waals surface area contributed by atoms with Crippen LogP contribution in [0.1, 0.15) is 103 Å². The standard InChI is InChI=1S/2C20H24N2O7.2C10H14.2ClH.2F6P.2Ru/c2*23-19(17-3-1-5-21-15-17)28-13-11-26-9-7-25-8-10-27-12-14-29-20(24)18-4-2-6-22-16-18;2*1-8(2)10-6-4-9(3)5-7-10;;;2*1-7(2,3,4,5)6;;/h2*1-6,15-16H,7-14H2;2*4-8H,1-3H3;2*1H;;;;/q;;;;;;2*-1;2*+2/p-2. The molecule has 0 bridgehead atoms. The number of aryl methyl sites for hydroxylation is 2. The van der Waals surface area contributed by atoms with Crippen molar-refractivity contribution >= 4 is 58.9 Å². The zero-order valence-electron chi connectivity index (χ0n) is 52.7. The average Bonchev–Trinajstić information content (AvgIpc) is 0.803. The van der Waals surface area contributed by atoms with Gasteiger partial charge in [0.25, 0.3) is 0 Å². The van der Waals surface area contributed by atoms with Gasteiger partial charge >= 0.3 is 144 Å². The van der Waals surface area contributed by atoms with Gasteiger partial charge in [-0.05, 0) is 85.3 Å². The van der Waals surface area contributed by atoms with Crippen molar-refractivity contribution in [1.29, 1.82) is 0 Å². The zero-order chi connectivity index (χ0) is 73.1. The number of hydrogen-bond donors (Lipinski definition) is 0. The molecule has 4 aromatic heterocycles. The summed E-state index contributed by atoms with van der Waals surface area (Å²) in [6.45, 7) is 18.0. The van der Waals surface area contributed by atoms with Crippen molar-refractivity contribution in [2.45, 2.75) is 53.4 Å². The van der Waals surface area contributed by atoms with E-state index in [0.29, 0.717) is 86.9 Å². The Morgan fingerprint density at radius 1 is 0.333 bits per heavy atom. The van der Waals surface area contributed by atoms with E-state index in [-0.39, 0.29) is 52.9 Å². The molecular weight excluding hydrogens is 1560 g/mol. The molecule has 0 aliphatic carbocycles. The molecule has 0 saturated carbocycles. The van der Waals surface area contributed by atoms with Crippen molar-refractivity contribution in [2.75, 3.05) is 106 Å². The summed E-state index contributed by atoms with van der Waals surface area (Å²) in [5.41, 5.74) is 7.14. The second-order valence-corrected chi connectivity index (χ2v) is 23.1. The number of halogens is 14. The van der Waals surface area contributed by atoms with E-state index in [9.17, 15) is 69.5 Å². The molecule has 18 nitrogen and oxygen atoms in total. The molecule has 0 spiro atoms. The molecule has 96 heavy (non-hydrogen) atoms. The molecule has 6 rings (SSSR count). The van der Waals surface area contributed by atoms with E-state index in [2.05, 4.69) is 129 Å². The third-order valence-electron chi connectivity index (χ3n) is 10.4. The van der Waals surface area contributed by atoms with E-state index in [1.165, 1.54) is 47.0 Å². The van der Waals surface area contributed by atoms with Crippen LogP contribution in [-0.2, 0) is 82.0 Å². The number of aromatic nitrogens is 4. The van der Waals surface area contributed by atoms with Crippen LogP contribution in [0.4, 0.5) is 50.4 Å².